The van der Waals surface area contributed by atoms with Crippen molar-refractivity contribution in [3.63, 3.8) is 0 Å². The molecule has 130 valence electrons. The Hall–Kier alpha value is -3.40. The highest BCUT2D eigenvalue weighted by molar-refractivity contribution is 6.05. The normalized spacial score (nSPS) is 10.2. The van der Waals surface area contributed by atoms with Gasteiger partial charge in [0.2, 0.25) is 0 Å². The van der Waals surface area contributed by atoms with Crippen LogP contribution in [0.3, 0.4) is 0 Å². The van der Waals surface area contributed by atoms with Gasteiger partial charge >= 0.3 is 0 Å². The van der Waals surface area contributed by atoms with Crippen molar-refractivity contribution in [2.45, 2.75) is 6.42 Å². The van der Waals surface area contributed by atoms with Crippen LogP contribution in [0.15, 0.2) is 84.9 Å². The maximum atomic E-state index is 12.3. The van der Waals surface area contributed by atoms with Gasteiger partial charge in [-0.15, -0.1) is 0 Å². The average molecular weight is 344 g/mol. The number of carbonyl (C=O) groups is 2. The van der Waals surface area contributed by atoms with Crippen molar-refractivity contribution < 1.29 is 9.59 Å². The highest BCUT2D eigenvalue weighted by atomic mass is 16.2. The average Bonchev–Trinajstić information content (AvgIpc) is 2.69. The molecular weight excluding hydrogens is 324 g/mol. The molecule has 0 saturated heterocycles. The van der Waals surface area contributed by atoms with Crippen LogP contribution in [0.5, 0.6) is 0 Å². The Morgan fingerprint density at radius 2 is 1.35 bits per heavy atom. The first-order valence-corrected chi connectivity index (χ1v) is 8.51. The number of hydrogen-bond donors (Lipinski definition) is 2. The summed E-state index contributed by atoms with van der Waals surface area (Å²) in [5, 5.41) is 5.72. The second-order valence-corrected chi connectivity index (χ2v) is 5.89. The third kappa shape index (κ3) is 4.80. The van der Waals surface area contributed by atoms with E-state index in [4.69, 9.17) is 0 Å². The Bertz CT molecular complexity index is 877. The number of nitrogens with one attached hydrogen (secondary N) is 2. The maximum absolute atomic E-state index is 12.3. The Labute approximate surface area is 152 Å². The second kappa shape index (κ2) is 8.62. The molecule has 0 aliphatic rings. The molecule has 3 aromatic rings. The lowest BCUT2D eigenvalue weighted by Crippen LogP contribution is -2.25. The topological polar surface area (TPSA) is 58.2 Å². The molecule has 0 spiro atoms. The van der Waals surface area contributed by atoms with E-state index in [9.17, 15) is 9.59 Å². The highest BCUT2D eigenvalue weighted by Gasteiger charge is 2.09. The summed E-state index contributed by atoms with van der Waals surface area (Å²) in [4.78, 5) is 24.5. The molecule has 3 aromatic carbocycles. The fourth-order valence-corrected chi connectivity index (χ4v) is 2.60. The third-order valence-electron chi connectivity index (χ3n) is 3.96. The molecule has 0 unspecified atom stereocenters. The molecular formula is C22H20N2O2. The molecule has 4 heteroatoms. The van der Waals surface area contributed by atoms with E-state index in [2.05, 4.69) is 10.6 Å². The van der Waals surface area contributed by atoms with Crippen molar-refractivity contribution in [3.8, 4) is 0 Å². The van der Waals surface area contributed by atoms with Gasteiger partial charge in [-0.25, -0.2) is 0 Å². The van der Waals surface area contributed by atoms with Crippen LogP contribution in [0, 0.1) is 0 Å². The van der Waals surface area contributed by atoms with E-state index < -0.39 is 0 Å². The van der Waals surface area contributed by atoms with E-state index in [0.717, 1.165) is 6.42 Å². The summed E-state index contributed by atoms with van der Waals surface area (Å²) in [7, 11) is 0. The minimum absolute atomic E-state index is 0.156. The number of carbonyl (C=O) groups excluding carboxylic acids is 2. The van der Waals surface area contributed by atoms with E-state index in [1.165, 1.54) is 5.56 Å². The molecule has 0 aliphatic heterocycles. The first-order chi connectivity index (χ1) is 12.7. The monoisotopic (exact) mass is 344 g/mol. The van der Waals surface area contributed by atoms with Gasteiger partial charge < -0.3 is 10.6 Å². The summed E-state index contributed by atoms with van der Waals surface area (Å²) in [5.74, 6) is -0.357. The molecule has 0 aliphatic carbocycles. The van der Waals surface area contributed by atoms with Crippen molar-refractivity contribution in [2.24, 2.45) is 0 Å². The predicted molar refractivity (Wildman–Crippen MR) is 103 cm³/mol. The molecule has 3 rings (SSSR count). The maximum Gasteiger partial charge on any atom is 0.255 e. The Morgan fingerprint density at radius 3 is 2.08 bits per heavy atom. The van der Waals surface area contributed by atoms with Gasteiger partial charge in [-0.3, -0.25) is 9.59 Å². The molecule has 0 heterocycles. The van der Waals surface area contributed by atoms with Crippen molar-refractivity contribution in [3.05, 3.63) is 102 Å². The Kier molecular flexibility index (Phi) is 5.78. The van der Waals surface area contributed by atoms with Crippen LogP contribution in [0.1, 0.15) is 26.3 Å². The molecule has 0 radical (unpaired) electrons. The first-order valence-electron chi connectivity index (χ1n) is 8.51. The lowest BCUT2D eigenvalue weighted by Gasteiger charge is -2.09. The standard InChI is InChI=1S/C22H20N2O2/c25-21(23-15-14-17-8-3-1-4-9-17)19-12-7-13-20(16-19)24-22(26)18-10-5-2-6-11-18/h1-13,16H,14-15H2,(H,23,25)(H,24,26). The van der Waals surface area contributed by atoms with Gasteiger partial charge in [0.1, 0.15) is 0 Å². The number of rotatable bonds is 6. The number of benzene rings is 3. The molecule has 0 saturated carbocycles. The van der Waals surface area contributed by atoms with Crippen LogP contribution >= 0.6 is 0 Å². The Balaban J connectivity index is 1.58. The smallest absolute Gasteiger partial charge is 0.255 e. The minimum atomic E-state index is -0.202. The van der Waals surface area contributed by atoms with Crippen LogP contribution in [0.25, 0.3) is 0 Å². The molecule has 0 fully saturated rings. The summed E-state index contributed by atoms with van der Waals surface area (Å²) < 4.78 is 0. The van der Waals surface area contributed by atoms with Crippen molar-refractivity contribution in [1.82, 2.24) is 5.32 Å². The number of amides is 2. The van der Waals surface area contributed by atoms with Gasteiger partial charge in [-0.1, -0.05) is 54.6 Å². The van der Waals surface area contributed by atoms with Crippen LogP contribution < -0.4 is 10.6 Å². The fourth-order valence-electron chi connectivity index (χ4n) is 2.60. The van der Waals surface area contributed by atoms with E-state index in [1.807, 2.05) is 48.5 Å². The van der Waals surface area contributed by atoms with Crippen molar-refractivity contribution in [1.29, 1.82) is 0 Å². The van der Waals surface area contributed by atoms with Gasteiger partial charge in [0.15, 0.2) is 0 Å². The first kappa shape index (κ1) is 17.4. The Morgan fingerprint density at radius 1 is 0.692 bits per heavy atom. The number of anilines is 1. The molecule has 2 amide bonds. The van der Waals surface area contributed by atoms with Crippen LogP contribution in [-0.2, 0) is 6.42 Å². The molecule has 0 aromatic heterocycles. The fraction of sp³-hybridized carbons (Fsp3) is 0.0909. The zero-order valence-electron chi connectivity index (χ0n) is 14.3. The summed E-state index contributed by atoms with van der Waals surface area (Å²) in [6, 6.07) is 25.9. The van der Waals surface area contributed by atoms with Gasteiger partial charge in [0, 0.05) is 23.4 Å². The van der Waals surface area contributed by atoms with Crippen LogP contribution in [0.4, 0.5) is 5.69 Å². The zero-order valence-corrected chi connectivity index (χ0v) is 14.3. The molecule has 2 N–H and O–H groups in total. The van der Waals surface area contributed by atoms with Gasteiger partial charge in [-0.05, 0) is 42.3 Å². The van der Waals surface area contributed by atoms with Crippen molar-refractivity contribution >= 4 is 17.5 Å². The summed E-state index contributed by atoms with van der Waals surface area (Å²) in [5.41, 5.74) is 2.86. The molecule has 26 heavy (non-hydrogen) atoms. The lowest BCUT2D eigenvalue weighted by atomic mass is 10.1. The van der Waals surface area contributed by atoms with Crippen molar-refractivity contribution in [2.75, 3.05) is 11.9 Å². The van der Waals surface area contributed by atoms with E-state index in [-0.39, 0.29) is 11.8 Å². The number of hydrogen-bond acceptors (Lipinski definition) is 2. The molecule has 0 bridgehead atoms. The summed E-state index contributed by atoms with van der Waals surface area (Å²) in [6.07, 6.45) is 0.775. The van der Waals surface area contributed by atoms with Crippen LogP contribution in [-0.4, -0.2) is 18.4 Å². The van der Waals surface area contributed by atoms with E-state index >= 15 is 0 Å². The quantitative estimate of drug-likeness (QED) is 0.712. The van der Waals surface area contributed by atoms with E-state index in [0.29, 0.717) is 23.4 Å². The van der Waals surface area contributed by atoms with Gasteiger partial charge in [-0.2, -0.15) is 0 Å². The molecule has 0 atom stereocenters. The summed E-state index contributed by atoms with van der Waals surface area (Å²) >= 11 is 0. The van der Waals surface area contributed by atoms with E-state index in [1.54, 1.807) is 36.4 Å². The van der Waals surface area contributed by atoms with Gasteiger partial charge in [0.25, 0.3) is 11.8 Å². The minimum Gasteiger partial charge on any atom is -0.352 e. The summed E-state index contributed by atoms with van der Waals surface area (Å²) in [6.45, 7) is 0.559. The highest BCUT2D eigenvalue weighted by Crippen LogP contribution is 2.12. The SMILES string of the molecule is O=C(NCCc1ccccc1)c1cccc(NC(=O)c2ccccc2)c1. The second-order valence-electron chi connectivity index (χ2n) is 5.89. The lowest BCUT2D eigenvalue weighted by molar-refractivity contribution is 0.0952. The largest absolute Gasteiger partial charge is 0.352 e. The zero-order chi connectivity index (χ0) is 18.2. The predicted octanol–water partition coefficient (Wildman–Crippen LogP) is 3.91. The van der Waals surface area contributed by atoms with Crippen LogP contribution in [0.2, 0.25) is 0 Å². The molecule has 4 nitrogen and oxygen atoms in total. The third-order valence-corrected chi connectivity index (χ3v) is 3.96. The van der Waals surface area contributed by atoms with Gasteiger partial charge in [0.05, 0.1) is 0 Å².